The van der Waals surface area contributed by atoms with Crippen LogP contribution >= 0.6 is 0 Å². The van der Waals surface area contributed by atoms with Crippen LogP contribution in [-0.4, -0.2) is 24.3 Å². The normalized spacial score (nSPS) is 19.2. The van der Waals surface area contributed by atoms with Gasteiger partial charge in [0.15, 0.2) is 0 Å². The molecule has 3 heteroatoms. The number of carbonyl (C=O) groups is 1. The summed E-state index contributed by atoms with van der Waals surface area (Å²) in [6, 6.07) is 9.93. The lowest BCUT2D eigenvalue weighted by atomic mass is 9.72. The molecule has 2 rings (SSSR count). The highest BCUT2D eigenvalue weighted by Crippen LogP contribution is 2.37. The Hall–Kier alpha value is -1.35. The largest absolute Gasteiger partial charge is 0.481 e. The molecule has 1 aliphatic heterocycles. The molecule has 1 fully saturated rings. The lowest BCUT2D eigenvalue weighted by Gasteiger charge is -2.36. The molecule has 0 aliphatic carbocycles. The molecule has 3 nitrogen and oxygen atoms in total. The zero-order valence-electron chi connectivity index (χ0n) is 9.19. The van der Waals surface area contributed by atoms with Gasteiger partial charge in [-0.2, -0.15) is 0 Å². The van der Waals surface area contributed by atoms with E-state index in [1.165, 1.54) is 0 Å². The average molecular weight is 220 g/mol. The van der Waals surface area contributed by atoms with Crippen molar-refractivity contribution in [2.45, 2.75) is 24.7 Å². The summed E-state index contributed by atoms with van der Waals surface area (Å²) in [5.74, 6) is -0.731. The van der Waals surface area contributed by atoms with Gasteiger partial charge in [0.05, 0.1) is 6.42 Å². The average Bonchev–Trinajstić information content (AvgIpc) is 2.30. The first-order chi connectivity index (χ1) is 7.73. The fraction of sp³-hybridized carbons (Fsp3) is 0.462. The zero-order chi connectivity index (χ0) is 11.4. The van der Waals surface area contributed by atoms with Gasteiger partial charge in [0.25, 0.3) is 0 Å². The summed E-state index contributed by atoms with van der Waals surface area (Å²) in [4.78, 5) is 11.0. The third-order valence-corrected chi connectivity index (χ3v) is 3.33. The van der Waals surface area contributed by atoms with Crippen molar-refractivity contribution in [2.24, 2.45) is 0 Å². The predicted octanol–water partition coefficient (Wildman–Crippen LogP) is 2.21. The standard InChI is InChI=1S/C13H16O3/c14-12(15)10-13(6-8-16-9-7-13)11-4-2-1-3-5-11/h1-5H,6-10H2,(H,14,15). The molecule has 0 radical (unpaired) electrons. The summed E-state index contributed by atoms with van der Waals surface area (Å²) in [5, 5.41) is 9.05. The van der Waals surface area contributed by atoms with Crippen molar-refractivity contribution in [2.75, 3.05) is 13.2 Å². The van der Waals surface area contributed by atoms with Gasteiger partial charge in [-0.1, -0.05) is 30.3 Å². The third-order valence-electron chi connectivity index (χ3n) is 3.33. The van der Waals surface area contributed by atoms with Crippen molar-refractivity contribution < 1.29 is 14.6 Å². The van der Waals surface area contributed by atoms with E-state index in [-0.39, 0.29) is 11.8 Å². The Morgan fingerprint density at radius 2 is 1.88 bits per heavy atom. The molecule has 1 N–H and O–H groups in total. The molecule has 86 valence electrons. The highest BCUT2D eigenvalue weighted by molar-refractivity contribution is 5.69. The maximum absolute atomic E-state index is 11.0. The third kappa shape index (κ3) is 2.25. The summed E-state index contributed by atoms with van der Waals surface area (Å²) >= 11 is 0. The highest BCUT2D eigenvalue weighted by atomic mass is 16.5. The first-order valence-corrected chi connectivity index (χ1v) is 5.58. The van der Waals surface area contributed by atoms with Crippen LogP contribution in [-0.2, 0) is 14.9 Å². The van der Waals surface area contributed by atoms with Crippen LogP contribution in [0.2, 0.25) is 0 Å². The van der Waals surface area contributed by atoms with E-state index in [9.17, 15) is 4.79 Å². The van der Waals surface area contributed by atoms with Crippen LogP contribution in [0.15, 0.2) is 30.3 Å². The highest BCUT2D eigenvalue weighted by Gasteiger charge is 2.36. The maximum atomic E-state index is 11.0. The molecule has 16 heavy (non-hydrogen) atoms. The number of aliphatic carboxylic acids is 1. The Bertz CT molecular complexity index is 353. The number of ether oxygens (including phenoxy) is 1. The van der Waals surface area contributed by atoms with Crippen LogP contribution in [0.3, 0.4) is 0 Å². The minimum atomic E-state index is -0.731. The molecule has 0 spiro atoms. The van der Waals surface area contributed by atoms with E-state index in [0.717, 1.165) is 18.4 Å². The van der Waals surface area contributed by atoms with Crippen molar-refractivity contribution in [1.29, 1.82) is 0 Å². The Morgan fingerprint density at radius 1 is 1.25 bits per heavy atom. The van der Waals surface area contributed by atoms with Crippen LogP contribution in [0.5, 0.6) is 0 Å². The Balaban J connectivity index is 2.29. The monoisotopic (exact) mass is 220 g/mol. The van der Waals surface area contributed by atoms with Gasteiger partial charge in [-0.05, 0) is 18.4 Å². The predicted molar refractivity (Wildman–Crippen MR) is 60.4 cm³/mol. The number of carboxylic acid groups (broad SMARTS) is 1. The van der Waals surface area contributed by atoms with Gasteiger partial charge in [-0.25, -0.2) is 0 Å². The fourth-order valence-corrected chi connectivity index (χ4v) is 2.41. The molecule has 1 aromatic rings. The minimum Gasteiger partial charge on any atom is -0.481 e. The van der Waals surface area contributed by atoms with Crippen LogP contribution in [0.25, 0.3) is 0 Å². The van der Waals surface area contributed by atoms with Crippen molar-refractivity contribution in [1.82, 2.24) is 0 Å². The van der Waals surface area contributed by atoms with E-state index < -0.39 is 5.97 Å². The number of benzene rings is 1. The van der Waals surface area contributed by atoms with Gasteiger partial charge >= 0.3 is 5.97 Å². The van der Waals surface area contributed by atoms with E-state index in [2.05, 4.69) is 0 Å². The summed E-state index contributed by atoms with van der Waals surface area (Å²) in [6.07, 6.45) is 1.78. The minimum absolute atomic E-state index is 0.195. The van der Waals surface area contributed by atoms with Gasteiger partial charge in [0.1, 0.15) is 0 Å². The Kier molecular flexibility index (Phi) is 3.25. The number of rotatable bonds is 3. The van der Waals surface area contributed by atoms with Crippen LogP contribution < -0.4 is 0 Å². The number of carboxylic acids is 1. The van der Waals surface area contributed by atoms with Crippen LogP contribution in [0.4, 0.5) is 0 Å². The molecular weight excluding hydrogens is 204 g/mol. The number of hydrogen-bond donors (Lipinski definition) is 1. The quantitative estimate of drug-likeness (QED) is 0.849. The topological polar surface area (TPSA) is 46.5 Å². The summed E-state index contributed by atoms with van der Waals surface area (Å²) in [6.45, 7) is 1.31. The van der Waals surface area contributed by atoms with Crippen molar-refractivity contribution in [3.63, 3.8) is 0 Å². The number of hydrogen-bond acceptors (Lipinski definition) is 2. The Labute approximate surface area is 95.0 Å². The first kappa shape index (κ1) is 11.1. The molecule has 0 amide bonds. The molecule has 1 aromatic carbocycles. The molecule has 1 aliphatic rings. The molecule has 0 aromatic heterocycles. The zero-order valence-corrected chi connectivity index (χ0v) is 9.19. The summed E-state index contributed by atoms with van der Waals surface area (Å²) in [7, 11) is 0. The van der Waals surface area contributed by atoms with Gasteiger partial charge in [-0.15, -0.1) is 0 Å². The smallest absolute Gasteiger partial charge is 0.304 e. The molecule has 1 saturated heterocycles. The molecule has 0 bridgehead atoms. The van der Waals surface area contributed by atoms with Crippen LogP contribution in [0, 0.1) is 0 Å². The van der Waals surface area contributed by atoms with Gasteiger partial charge in [0, 0.05) is 18.6 Å². The Morgan fingerprint density at radius 3 is 2.44 bits per heavy atom. The fourth-order valence-electron chi connectivity index (χ4n) is 2.41. The first-order valence-electron chi connectivity index (χ1n) is 5.58. The summed E-state index contributed by atoms with van der Waals surface area (Å²) < 4.78 is 5.33. The second-order valence-corrected chi connectivity index (χ2v) is 4.33. The van der Waals surface area contributed by atoms with Gasteiger partial charge < -0.3 is 9.84 Å². The van der Waals surface area contributed by atoms with Crippen LogP contribution in [0.1, 0.15) is 24.8 Å². The van der Waals surface area contributed by atoms with E-state index in [1.54, 1.807) is 0 Å². The maximum Gasteiger partial charge on any atom is 0.304 e. The summed E-state index contributed by atoms with van der Waals surface area (Å²) in [5.41, 5.74) is 0.895. The SMILES string of the molecule is O=C(O)CC1(c2ccccc2)CCOCC1. The molecule has 0 atom stereocenters. The lowest BCUT2D eigenvalue weighted by molar-refractivity contribution is -0.139. The van der Waals surface area contributed by atoms with E-state index in [0.29, 0.717) is 13.2 Å². The second-order valence-electron chi connectivity index (χ2n) is 4.33. The molecule has 1 heterocycles. The van der Waals surface area contributed by atoms with E-state index in [1.807, 2.05) is 30.3 Å². The van der Waals surface area contributed by atoms with Crippen molar-refractivity contribution >= 4 is 5.97 Å². The molecule has 0 unspecified atom stereocenters. The van der Waals surface area contributed by atoms with Gasteiger partial charge in [-0.3, -0.25) is 4.79 Å². The molecule has 0 saturated carbocycles. The van der Waals surface area contributed by atoms with E-state index >= 15 is 0 Å². The second kappa shape index (κ2) is 4.66. The van der Waals surface area contributed by atoms with Gasteiger partial charge in [0.2, 0.25) is 0 Å². The van der Waals surface area contributed by atoms with E-state index in [4.69, 9.17) is 9.84 Å². The lowest BCUT2D eigenvalue weighted by Crippen LogP contribution is -2.36. The van der Waals surface area contributed by atoms with Crippen molar-refractivity contribution in [3.8, 4) is 0 Å². The molecular formula is C13H16O3. The van der Waals surface area contributed by atoms with Crippen molar-refractivity contribution in [3.05, 3.63) is 35.9 Å².